The third-order valence-corrected chi connectivity index (χ3v) is 4.90. The second kappa shape index (κ2) is 6.04. The first kappa shape index (κ1) is 16.1. The monoisotopic (exact) mass is 349 g/mol. The number of hydrogen-bond donors (Lipinski definition) is 2. The lowest BCUT2D eigenvalue weighted by molar-refractivity contribution is 0.0697. The van der Waals surface area contributed by atoms with E-state index in [-0.39, 0.29) is 10.5 Å². The van der Waals surface area contributed by atoms with Crippen molar-refractivity contribution in [3.63, 3.8) is 0 Å². The molecule has 1 aliphatic rings. The Morgan fingerprint density at radius 3 is 2.46 bits per heavy atom. The van der Waals surface area contributed by atoms with Gasteiger partial charge in [0, 0.05) is 6.07 Å². The maximum atomic E-state index is 12.5. The molecule has 1 heterocycles. The molecule has 0 radical (unpaired) electrons. The Kier molecular flexibility index (Phi) is 4.06. The highest BCUT2D eigenvalue weighted by Crippen LogP contribution is 2.33. The van der Waals surface area contributed by atoms with Crippen LogP contribution < -0.4 is 14.2 Å². The molecule has 0 unspecified atom stereocenters. The second-order valence-electron chi connectivity index (χ2n) is 5.25. The smallest absolute Gasteiger partial charge is 0.335 e. The number of nitrogens with one attached hydrogen (secondary N) is 1. The third-order valence-electron chi connectivity index (χ3n) is 3.54. The topological polar surface area (TPSA) is 102 Å². The summed E-state index contributed by atoms with van der Waals surface area (Å²) in [7, 11) is -3.84. The number of fused-ring (bicyclic) bond motifs is 1. The summed E-state index contributed by atoms with van der Waals surface area (Å²) in [5, 5.41) is 8.96. The number of benzene rings is 2. The van der Waals surface area contributed by atoms with Crippen LogP contribution in [0.5, 0.6) is 11.5 Å². The lowest BCUT2D eigenvalue weighted by Crippen LogP contribution is -2.17. The van der Waals surface area contributed by atoms with Gasteiger partial charge < -0.3 is 14.6 Å². The molecular formula is C16H15NO6S. The Bertz CT molecular complexity index is 907. The number of ether oxygens (including phenoxy) is 2. The Labute approximate surface area is 138 Å². The molecule has 2 N–H and O–H groups in total. The molecule has 0 saturated carbocycles. The van der Waals surface area contributed by atoms with E-state index >= 15 is 0 Å². The number of aryl methyl sites for hydroxylation is 1. The maximum Gasteiger partial charge on any atom is 0.335 e. The fourth-order valence-electron chi connectivity index (χ4n) is 2.31. The molecule has 0 fully saturated rings. The van der Waals surface area contributed by atoms with Crippen LogP contribution in [0.3, 0.4) is 0 Å². The van der Waals surface area contributed by atoms with Crippen LogP contribution in [0.15, 0.2) is 41.3 Å². The van der Waals surface area contributed by atoms with Crippen molar-refractivity contribution in [2.75, 3.05) is 17.9 Å². The van der Waals surface area contributed by atoms with Crippen molar-refractivity contribution in [3.05, 3.63) is 47.5 Å². The average molecular weight is 349 g/mol. The normalized spacial score (nSPS) is 13.4. The number of hydrogen-bond acceptors (Lipinski definition) is 5. The van der Waals surface area contributed by atoms with Gasteiger partial charge >= 0.3 is 5.97 Å². The van der Waals surface area contributed by atoms with Gasteiger partial charge in [-0.2, -0.15) is 0 Å². The van der Waals surface area contributed by atoms with Gasteiger partial charge in [-0.1, -0.05) is 0 Å². The number of rotatable bonds is 4. The van der Waals surface area contributed by atoms with Crippen LogP contribution in [0.2, 0.25) is 0 Å². The van der Waals surface area contributed by atoms with Crippen molar-refractivity contribution in [1.82, 2.24) is 0 Å². The van der Waals surface area contributed by atoms with Crippen LogP contribution in [0.1, 0.15) is 15.9 Å². The van der Waals surface area contributed by atoms with Gasteiger partial charge in [0.25, 0.3) is 10.0 Å². The van der Waals surface area contributed by atoms with Crippen molar-refractivity contribution < 1.29 is 27.8 Å². The Morgan fingerprint density at radius 2 is 1.79 bits per heavy atom. The summed E-state index contributed by atoms with van der Waals surface area (Å²) in [5.74, 6) is -0.191. The van der Waals surface area contributed by atoms with Crippen molar-refractivity contribution in [1.29, 1.82) is 0 Å². The van der Waals surface area contributed by atoms with Crippen molar-refractivity contribution in [2.24, 2.45) is 0 Å². The zero-order valence-electron chi connectivity index (χ0n) is 12.8. The molecule has 0 saturated heterocycles. The van der Waals surface area contributed by atoms with Gasteiger partial charge in [-0.15, -0.1) is 0 Å². The van der Waals surface area contributed by atoms with E-state index in [1.54, 1.807) is 13.0 Å². The van der Waals surface area contributed by atoms with E-state index in [1.165, 1.54) is 30.3 Å². The van der Waals surface area contributed by atoms with Crippen LogP contribution in [0, 0.1) is 6.92 Å². The average Bonchev–Trinajstić information content (AvgIpc) is 2.56. The summed E-state index contributed by atoms with van der Waals surface area (Å²) in [5.41, 5.74) is 0.917. The van der Waals surface area contributed by atoms with Crippen molar-refractivity contribution in [3.8, 4) is 11.5 Å². The van der Waals surface area contributed by atoms with Crippen LogP contribution in [-0.4, -0.2) is 32.7 Å². The number of carboxylic acid groups (broad SMARTS) is 1. The molecule has 126 valence electrons. The van der Waals surface area contributed by atoms with Crippen LogP contribution in [0.25, 0.3) is 0 Å². The molecule has 2 aromatic carbocycles. The molecule has 0 spiro atoms. The Morgan fingerprint density at radius 1 is 1.08 bits per heavy atom. The van der Waals surface area contributed by atoms with Crippen molar-refractivity contribution >= 4 is 21.7 Å². The lowest BCUT2D eigenvalue weighted by atomic mass is 10.1. The Hall–Kier alpha value is -2.74. The van der Waals surface area contributed by atoms with Crippen LogP contribution in [0.4, 0.5) is 5.69 Å². The SMILES string of the molecule is Cc1cc(C(=O)O)ccc1NS(=O)(=O)c1ccc2c(c1)OCCO2. The van der Waals surface area contributed by atoms with Crippen molar-refractivity contribution in [2.45, 2.75) is 11.8 Å². The summed E-state index contributed by atoms with van der Waals surface area (Å²) in [6, 6.07) is 8.55. The number of carboxylic acids is 1. The van der Waals surface area contributed by atoms with E-state index in [1.807, 2.05) is 0 Å². The molecule has 7 nitrogen and oxygen atoms in total. The zero-order valence-corrected chi connectivity index (χ0v) is 13.6. The van der Waals surface area contributed by atoms with Gasteiger partial charge in [0.15, 0.2) is 11.5 Å². The van der Waals surface area contributed by atoms with Gasteiger partial charge in [-0.3, -0.25) is 4.72 Å². The molecule has 0 atom stereocenters. The minimum absolute atomic E-state index is 0.0356. The highest BCUT2D eigenvalue weighted by atomic mass is 32.2. The van der Waals surface area contributed by atoms with E-state index in [0.717, 1.165) is 0 Å². The lowest BCUT2D eigenvalue weighted by Gasteiger charge is -2.19. The molecule has 8 heteroatoms. The summed E-state index contributed by atoms with van der Waals surface area (Å²) in [4.78, 5) is 11.0. The summed E-state index contributed by atoms with van der Waals surface area (Å²) >= 11 is 0. The van der Waals surface area contributed by atoms with Gasteiger partial charge in [0.1, 0.15) is 13.2 Å². The molecule has 0 bridgehead atoms. The highest BCUT2D eigenvalue weighted by molar-refractivity contribution is 7.92. The second-order valence-corrected chi connectivity index (χ2v) is 6.93. The predicted molar refractivity (Wildman–Crippen MR) is 86.4 cm³/mol. The van der Waals surface area contributed by atoms with Gasteiger partial charge in [0.2, 0.25) is 0 Å². The largest absolute Gasteiger partial charge is 0.486 e. The maximum absolute atomic E-state index is 12.5. The highest BCUT2D eigenvalue weighted by Gasteiger charge is 2.20. The third kappa shape index (κ3) is 3.13. The minimum Gasteiger partial charge on any atom is -0.486 e. The molecule has 1 aliphatic heterocycles. The van der Waals surface area contributed by atoms with Gasteiger partial charge in [-0.05, 0) is 42.8 Å². The fourth-order valence-corrected chi connectivity index (χ4v) is 3.45. The molecule has 0 aliphatic carbocycles. The first-order valence-corrected chi connectivity index (χ1v) is 8.61. The molecule has 24 heavy (non-hydrogen) atoms. The Balaban J connectivity index is 1.90. The van der Waals surface area contributed by atoms with Crippen LogP contribution in [-0.2, 0) is 10.0 Å². The number of carbonyl (C=O) groups is 1. The molecule has 2 aromatic rings. The summed E-state index contributed by atoms with van der Waals surface area (Å²) in [6.07, 6.45) is 0. The quantitative estimate of drug-likeness (QED) is 0.878. The summed E-state index contributed by atoms with van der Waals surface area (Å²) in [6.45, 7) is 2.42. The van der Waals surface area contributed by atoms with E-state index in [2.05, 4.69) is 4.72 Å². The van der Waals surface area contributed by atoms with Crippen LogP contribution >= 0.6 is 0 Å². The molecule has 0 amide bonds. The molecule has 0 aromatic heterocycles. The minimum atomic E-state index is -3.84. The first-order chi connectivity index (χ1) is 11.4. The van der Waals surface area contributed by atoms with Gasteiger partial charge in [0.05, 0.1) is 16.1 Å². The standard InChI is InChI=1S/C16H15NO6S/c1-10-8-11(16(18)19)2-4-13(10)17-24(20,21)12-3-5-14-15(9-12)23-7-6-22-14/h2-5,8-9,17H,6-7H2,1H3,(H,18,19). The number of sulfonamides is 1. The van der Waals surface area contributed by atoms with E-state index in [9.17, 15) is 13.2 Å². The molecular weight excluding hydrogens is 334 g/mol. The first-order valence-electron chi connectivity index (χ1n) is 7.13. The number of anilines is 1. The fraction of sp³-hybridized carbons (Fsp3) is 0.188. The summed E-state index contributed by atoms with van der Waals surface area (Å²) < 4.78 is 38.3. The van der Waals surface area contributed by atoms with Gasteiger partial charge in [-0.25, -0.2) is 13.2 Å². The van der Waals surface area contributed by atoms with E-state index in [4.69, 9.17) is 14.6 Å². The zero-order chi connectivity index (χ0) is 17.3. The predicted octanol–water partition coefficient (Wildman–Crippen LogP) is 2.27. The number of aromatic carboxylic acids is 1. The van der Waals surface area contributed by atoms with E-state index in [0.29, 0.717) is 36.0 Å². The van der Waals surface area contributed by atoms with E-state index < -0.39 is 16.0 Å². The molecule has 3 rings (SSSR count).